The standard InChI is InChI=1S/C21H29F3N6O/c1-3-19-28-27-15-30(19)11-10-25-20(26-13-18-5-4-12-31-18)29(2)14-16-6-8-17(9-7-16)21(22,23)24/h6-9,15,18H,3-5,10-14H2,1-2H3,(H,25,26). The summed E-state index contributed by atoms with van der Waals surface area (Å²) in [6, 6.07) is 5.22. The van der Waals surface area contributed by atoms with Gasteiger partial charge in [-0.1, -0.05) is 19.1 Å². The number of halogens is 3. The van der Waals surface area contributed by atoms with E-state index in [0.29, 0.717) is 32.1 Å². The topological polar surface area (TPSA) is 67.6 Å². The molecular formula is C21H29F3N6O. The van der Waals surface area contributed by atoms with Crippen LogP contribution < -0.4 is 5.32 Å². The Morgan fingerprint density at radius 1 is 1.32 bits per heavy atom. The molecule has 1 aromatic heterocycles. The fourth-order valence-electron chi connectivity index (χ4n) is 3.46. The van der Waals surface area contributed by atoms with Gasteiger partial charge in [-0.25, -0.2) is 0 Å². The smallest absolute Gasteiger partial charge is 0.376 e. The molecule has 0 aliphatic carbocycles. The Bertz CT molecular complexity index is 844. The monoisotopic (exact) mass is 438 g/mol. The molecule has 170 valence electrons. The van der Waals surface area contributed by atoms with Gasteiger partial charge in [0.2, 0.25) is 0 Å². The molecule has 1 aliphatic heterocycles. The van der Waals surface area contributed by atoms with Crippen molar-refractivity contribution in [3.63, 3.8) is 0 Å². The van der Waals surface area contributed by atoms with Gasteiger partial charge >= 0.3 is 6.18 Å². The zero-order valence-electron chi connectivity index (χ0n) is 17.9. The van der Waals surface area contributed by atoms with Gasteiger partial charge in [-0.15, -0.1) is 10.2 Å². The lowest BCUT2D eigenvalue weighted by molar-refractivity contribution is -0.137. The molecule has 10 heteroatoms. The van der Waals surface area contributed by atoms with Crippen molar-refractivity contribution in [2.45, 2.75) is 51.6 Å². The molecule has 0 saturated carbocycles. The number of benzene rings is 1. The lowest BCUT2D eigenvalue weighted by Crippen LogP contribution is -2.40. The van der Waals surface area contributed by atoms with Crippen LogP contribution in [0.1, 0.15) is 36.7 Å². The van der Waals surface area contributed by atoms with E-state index in [1.54, 1.807) is 6.33 Å². The highest BCUT2D eigenvalue weighted by Gasteiger charge is 2.30. The van der Waals surface area contributed by atoms with E-state index in [1.807, 2.05) is 23.4 Å². The maximum atomic E-state index is 12.8. The summed E-state index contributed by atoms with van der Waals surface area (Å²) >= 11 is 0. The van der Waals surface area contributed by atoms with Crippen LogP contribution in [-0.4, -0.2) is 58.5 Å². The van der Waals surface area contributed by atoms with Crippen molar-refractivity contribution in [3.05, 3.63) is 47.5 Å². The average molecular weight is 438 g/mol. The van der Waals surface area contributed by atoms with Gasteiger partial charge in [-0.3, -0.25) is 4.99 Å². The summed E-state index contributed by atoms with van der Waals surface area (Å²) in [5.74, 6) is 1.60. The first kappa shape index (κ1) is 23.1. The van der Waals surface area contributed by atoms with Crippen molar-refractivity contribution >= 4 is 5.96 Å². The van der Waals surface area contributed by atoms with E-state index in [4.69, 9.17) is 9.73 Å². The van der Waals surface area contributed by atoms with Gasteiger partial charge < -0.3 is 19.5 Å². The Kier molecular flexibility index (Phi) is 7.89. The second kappa shape index (κ2) is 10.6. The quantitative estimate of drug-likeness (QED) is 0.507. The SMILES string of the molecule is CCc1nncn1CCNC(=NCC1CCCO1)N(C)Cc1ccc(C(F)(F)F)cc1. The molecule has 7 nitrogen and oxygen atoms in total. The van der Waals surface area contributed by atoms with Crippen molar-refractivity contribution in [2.75, 3.05) is 26.7 Å². The highest BCUT2D eigenvalue weighted by Crippen LogP contribution is 2.29. The molecule has 0 bridgehead atoms. The van der Waals surface area contributed by atoms with Crippen LogP contribution in [0.2, 0.25) is 0 Å². The third kappa shape index (κ3) is 6.68. The van der Waals surface area contributed by atoms with Gasteiger partial charge in [0.15, 0.2) is 5.96 Å². The number of aliphatic imine (C=N–C) groups is 1. The molecule has 1 aromatic carbocycles. The van der Waals surface area contributed by atoms with E-state index in [2.05, 4.69) is 15.5 Å². The second-order valence-electron chi connectivity index (χ2n) is 7.57. The Labute approximate surface area is 180 Å². The maximum Gasteiger partial charge on any atom is 0.416 e. The Balaban J connectivity index is 1.63. The minimum Gasteiger partial charge on any atom is -0.376 e. The zero-order valence-corrected chi connectivity index (χ0v) is 17.9. The van der Waals surface area contributed by atoms with Crippen molar-refractivity contribution in [1.29, 1.82) is 0 Å². The number of nitrogens with zero attached hydrogens (tertiary/aromatic N) is 5. The third-order valence-corrected chi connectivity index (χ3v) is 5.18. The lowest BCUT2D eigenvalue weighted by atomic mass is 10.1. The summed E-state index contributed by atoms with van der Waals surface area (Å²) in [5.41, 5.74) is 0.124. The molecule has 1 saturated heterocycles. The van der Waals surface area contributed by atoms with Crippen LogP contribution in [0.25, 0.3) is 0 Å². The number of aromatic nitrogens is 3. The number of aryl methyl sites for hydroxylation is 1. The molecule has 0 spiro atoms. The van der Waals surface area contributed by atoms with Gasteiger partial charge in [-0.05, 0) is 30.5 Å². The normalized spacial score (nSPS) is 17.2. The highest BCUT2D eigenvalue weighted by molar-refractivity contribution is 5.79. The first-order chi connectivity index (χ1) is 14.9. The Hall–Kier alpha value is -2.62. The number of hydrogen-bond donors (Lipinski definition) is 1. The van der Waals surface area contributed by atoms with Crippen LogP contribution in [0, 0.1) is 0 Å². The fourth-order valence-corrected chi connectivity index (χ4v) is 3.46. The van der Waals surface area contributed by atoms with Crippen LogP contribution in [0.5, 0.6) is 0 Å². The van der Waals surface area contributed by atoms with Crippen molar-refractivity contribution < 1.29 is 17.9 Å². The number of guanidine groups is 1. The molecule has 2 aromatic rings. The summed E-state index contributed by atoms with van der Waals surface area (Å²) in [4.78, 5) is 6.61. The zero-order chi connectivity index (χ0) is 22.3. The molecule has 31 heavy (non-hydrogen) atoms. The molecule has 0 amide bonds. The van der Waals surface area contributed by atoms with Crippen LogP contribution in [-0.2, 0) is 30.4 Å². The number of rotatable bonds is 8. The van der Waals surface area contributed by atoms with E-state index in [0.717, 1.165) is 49.4 Å². The number of nitrogens with one attached hydrogen (secondary N) is 1. The minimum atomic E-state index is -4.33. The van der Waals surface area contributed by atoms with E-state index in [9.17, 15) is 13.2 Å². The molecule has 1 fully saturated rings. The van der Waals surface area contributed by atoms with Crippen LogP contribution in [0.15, 0.2) is 35.6 Å². The van der Waals surface area contributed by atoms with E-state index in [1.165, 1.54) is 12.1 Å². The lowest BCUT2D eigenvalue weighted by Gasteiger charge is -2.23. The average Bonchev–Trinajstić information content (AvgIpc) is 3.41. The minimum absolute atomic E-state index is 0.112. The summed E-state index contributed by atoms with van der Waals surface area (Å²) in [6.45, 7) is 5.07. The van der Waals surface area contributed by atoms with Gasteiger partial charge in [-0.2, -0.15) is 13.2 Å². The molecular weight excluding hydrogens is 409 g/mol. The highest BCUT2D eigenvalue weighted by atomic mass is 19.4. The van der Waals surface area contributed by atoms with Crippen LogP contribution in [0.4, 0.5) is 13.2 Å². The van der Waals surface area contributed by atoms with E-state index >= 15 is 0 Å². The number of ether oxygens (including phenoxy) is 1. The number of alkyl halides is 3. The van der Waals surface area contributed by atoms with Gasteiger partial charge in [0.25, 0.3) is 0 Å². The molecule has 0 radical (unpaired) electrons. The third-order valence-electron chi connectivity index (χ3n) is 5.18. The summed E-state index contributed by atoms with van der Waals surface area (Å²) < 4.78 is 46.1. The Morgan fingerprint density at radius 2 is 2.10 bits per heavy atom. The van der Waals surface area contributed by atoms with E-state index in [-0.39, 0.29) is 6.10 Å². The molecule has 1 N–H and O–H groups in total. The van der Waals surface area contributed by atoms with E-state index < -0.39 is 11.7 Å². The molecule has 3 rings (SSSR count). The maximum absolute atomic E-state index is 12.8. The largest absolute Gasteiger partial charge is 0.416 e. The van der Waals surface area contributed by atoms with Crippen LogP contribution in [0.3, 0.4) is 0 Å². The predicted octanol–water partition coefficient (Wildman–Crippen LogP) is 3.12. The fraction of sp³-hybridized carbons (Fsp3) is 0.571. The van der Waals surface area contributed by atoms with Crippen LogP contribution >= 0.6 is 0 Å². The van der Waals surface area contributed by atoms with Crippen molar-refractivity contribution in [1.82, 2.24) is 25.0 Å². The van der Waals surface area contributed by atoms with Gasteiger partial charge in [0.1, 0.15) is 12.2 Å². The molecule has 2 heterocycles. The molecule has 1 unspecified atom stereocenters. The van der Waals surface area contributed by atoms with Crippen molar-refractivity contribution in [3.8, 4) is 0 Å². The predicted molar refractivity (Wildman–Crippen MR) is 112 cm³/mol. The number of hydrogen-bond acceptors (Lipinski definition) is 4. The molecule has 1 atom stereocenters. The second-order valence-corrected chi connectivity index (χ2v) is 7.57. The summed E-state index contributed by atoms with van der Waals surface area (Å²) in [5, 5.41) is 11.4. The Morgan fingerprint density at radius 3 is 2.74 bits per heavy atom. The summed E-state index contributed by atoms with van der Waals surface area (Å²) in [6.07, 6.45) is 0.307. The first-order valence-electron chi connectivity index (χ1n) is 10.5. The van der Waals surface area contributed by atoms with Crippen molar-refractivity contribution in [2.24, 2.45) is 4.99 Å². The summed E-state index contributed by atoms with van der Waals surface area (Å²) in [7, 11) is 1.87. The van der Waals surface area contributed by atoms with Gasteiger partial charge in [0.05, 0.1) is 18.2 Å². The first-order valence-corrected chi connectivity index (χ1v) is 10.5. The molecule has 1 aliphatic rings. The van der Waals surface area contributed by atoms with Gasteiger partial charge in [0, 0.05) is 39.7 Å².